The molecule has 0 amide bonds. The summed E-state index contributed by atoms with van der Waals surface area (Å²) < 4.78 is 0. The number of aliphatic hydroxyl groups excluding tert-OH is 1. The molecule has 128 valence electrons. The van der Waals surface area contributed by atoms with Crippen LogP contribution >= 0.6 is 0 Å². The third kappa shape index (κ3) is 3.98. The van der Waals surface area contributed by atoms with Gasteiger partial charge in [-0.3, -0.25) is 4.90 Å². The van der Waals surface area contributed by atoms with Crippen LogP contribution in [0.2, 0.25) is 0 Å². The number of anilines is 3. The molecular formula is C17H24N6O. The van der Waals surface area contributed by atoms with Gasteiger partial charge >= 0.3 is 0 Å². The van der Waals surface area contributed by atoms with Crippen LogP contribution in [0.25, 0.3) is 0 Å². The number of para-hydroxylation sites is 1. The van der Waals surface area contributed by atoms with Crippen molar-refractivity contribution in [1.82, 2.24) is 19.9 Å². The molecule has 4 N–H and O–H groups in total. The highest BCUT2D eigenvalue weighted by Crippen LogP contribution is 2.25. The first kappa shape index (κ1) is 16.6. The van der Waals surface area contributed by atoms with E-state index in [4.69, 9.17) is 5.73 Å². The molecule has 7 heteroatoms. The Hall–Kier alpha value is -2.25. The average molecular weight is 328 g/mol. The van der Waals surface area contributed by atoms with E-state index in [1.54, 1.807) is 0 Å². The van der Waals surface area contributed by atoms with Gasteiger partial charge in [0.05, 0.1) is 6.04 Å². The quantitative estimate of drug-likeness (QED) is 0.771. The van der Waals surface area contributed by atoms with Crippen LogP contribution in [0.4, 0.5) is 17.6 Å². The molecule has 0 bridgehead atoms. The Balaban J connectivity index is 1.73. The third-order valence-corrected chi connectivity index (χ3v) is 4.53. The van der Waals surface area contributed by atoms with E-state index in [0.717, 1.165) is 31.6 Å². The largest absolute Gasteiger partial charge is 0.396 e. The van der Waals surface area contributed by atoms with Crippen LogP contribution in [-0.2, 0) is 0 Å². The first-order valence-corrected chi connectivity index (χ1v) is 8.34. The number of nitrogens with zero attached hydrogens (tertiary/aromatic N) is 4. The number of piperidine rings is 1. The molecule has 24 heavy (non-hydrogen) atoms. The Kier molecular flexibility index (Phi) is 5.22. The lowest BCUT2D eigenvalue weighted by atomic mass is 9.97. The van der Waals surface area contributed by atoms with Crippen LogP contribution in [0, 0.1) is 5.92 Å². The summed E-state index contributed by atoms with van der Waals surface area (Å²) in [5.74, 6) is 1.76. The molecular weight excluding hydrogens is 304 g/mol. The number of likely N-dealkylation sites (tertiary alicyclic amines) is 1. The highest BCUT2D eigenvalue weighted by Gasteiger charge is 2.25. The van der Waals surface area contributed by atoms with Crippen molar-refractivity contribution in [3.63, 3.8) is 0 Å². The van der Waals surface area contributed by atoms with Crippen molar-refractivity contribution < 1.29 is 5.11 Å². The second kappa shape index (κ2) is 7.55. The molecule has 1 aromatic heterocycles. The maximum Gasteiger partial charge on any atom is 0.232 e. The van der Waals surface area contributed by atoms with Crippen molar-refractivity contribution in [1.29, 1.82) is 0 Å². The second-order valence-corrected chi connectivity index (χ2v) is 6.20. The number of hydrogen-bond donors (Lipinski definition) is 3. The highest BCUT2D eigenvalue weighted by atomic mass is 16.3. The highest BCUT2D eigenvalue weighted by molar-refractivity contribution is 5.53. The number of nitrogen functional groups attached to an aromatic ring is 1. The standard InChI is InChI=1S/C17H24N6O/c1-12(23-9-7-13(11-24)8-10-23)15-20-16(18)22-17(21-15)19-14-5-3-2-4-6-14/h2-6,12-13,24H,7-11H2,1H3,(H3,18,19,20,21,22)/t12-/m1/s1. The molecule has 1 atom stereocenters. The maximum absolute atomic E-state index is 9.27. The molecule has 0 radical (unpaired) electrons. The van der Waals surface area contributed by atoms with Crippen molar-refractivity contribution in [3.8, 4) is 0 Å². The van der Waals surface area contributed by atoms with E-state index < -0.39 is 0 Å². The van der Waals surface area contributed by atoms with Crippen LogP contribution in [0.5, 0.6) is 0 Å². The minimum Gasteiger partial charge on any atom is -0.396 e. The van der Waals surface area contributed by atoms with Crippen LogP contribution in [0.15, 0.2) is 30.3 Å². The van der Waals surface area contributed by atoms with Crippen LogP contribution in [-0.4, -0.2) is 44.7 Å². The first-order chi connectivity index (χ1) is 11.7. The zero-order valence-corrected chi connectivity index (χ0v) is 13.9. The number of benzene rings is 1. The minimum absolute atomic E-state index is 0.0614. The molecule has 1 saturated heterocycles. The predicted molar refractivity (Wildman–Crippen MR) is 93.8 cm³/mol. The lowest BCUT2D eigenvalue weighted by Crippen LogP contribution is -2.37. The van der Waals surface area contributed by atoms with Crippen molar-refractivity contribution in [2.75, 3.05) is 30.7 Å². The Morgan fingerprint density at radius 3 is 2.58 bits per heavy atom. The predicted octanol–water partition coefficient (Wildman–Crippen LogP) is 1.96. The number of rotatable bonds is 5. The van der Waals surface area contributed by atoms with Crippen molar-refractivity contribution in [2.45, 2.75) is 25.8 Å². The zero-order chi connectivity index (χ0) is 16.9. The van der Waals surface area contributed by atoms with Crippen LogP contribution in [0.1, 0.15) is 31.6 Å². The smallest absolute Gasteiger partial charge is 0.232 e. The molecule has 0 unspecified atom stereocenters. The van der Waals surface area contributed by atoms with E-state index in [-0.39, 0.29) is 18.6 Å². The van der Waals surface area contributed by atoms with Crippen molar-refractivity contribution in [2.24, 2.45) is 5.92 Å². The fourth-order valence-electron chi connectivity index (χ4n) is 2.99. The molecule has 0 aliphatic carbocycles. The number of aromatic nitrogens is 3. The van der Waals surface area contributed by atoms with Gasteiger partial charge in [-0.05, 0) is 50.9 Å². The van der Waals surface area contributed by atoms with Gasteiger partial charge in [-0.2, -0.15) is 15.0 Å². The van der Waals surface area contributed by atoms with E-state index in [0.29, 0.717) is 17.7 Å². The summed E-state index contributed by atoms with van der Waals surface area (Å²) in [6, 6.07) is 9.80. The number of nitrogens with one attached hydrogen (secondary N) is 1. The summed E-state index contributed by atoms with van der Waals surface area (Å²) in [6.45, 7) is 4.21. The normalized spacial score (nSPS) is 17.6. The molecule has 3 rings (SSSR count). The first-order valence-electron chi connectivity index (χ1n) is 8.34. The van der Waals surface area contributed by atoms with Gasteiger partial charge in [-0.15, -0.1) is 0 Å². The zero-order valence-electron chi connectivity index (χ0n) is 13.9. The molecule has 1 aliphatic rings. The summed E-state index contributed by atoms with van der Waals surface area (Å²) in [5, 5.41) is 12.4. The monoisotopic (exact) mass is 328 g/mol. The fourth-order valence-corrected chi connectivity index (χ4v) is 2.99. The van der Waals surface area contributed by atoms with E-state index in [2.05, 4.69) is 32.1 Å². The SMILES string of the molecule is C[C@H](c1nc(N)nc(Nc2ccccc2)n1)N1CCC(CO)CC1. The Morgan fingerprint density at radius 2 is 1.92 bits per heavy atom. The summed E-state index contributed by atoms with van der Waals surface area (Å²) in [5.41, 5.74) is 6.78. The molecule has 0 spiro atoms. The van der Waals surface area contributed by atoms with Crippen molar-refractivity contribution >= 4 is 17.6 Å². The average Bonchev–Trinajstić information content (AvgIpc) is 2.61. The maximum atomic E-state index is 9.27. The van der Waals surface area contributed by atoms with Gasteiger partial charge in [0, 0.05) is 12.3 Å². The van der Waals surface area contributed by atoms with E-state index in [1.165, 1.54) is 0 Å². The van der Waals surface area contributed by atoms with Gasteiger partial charge in [0.25, 0.3) is 0 Å². The van der Waals surface area contributed by atoms with Crippen LogP contribution in [0.3, 0.4) is 0 Å². The summed E-state index contributed by atoms with van der Waals surface area (Å²) in [7, 11) is 0. The number of hydrogen-bond acceptors (Lipinski definition) is 7. The van der Waals surface area contributed by atoms with Gasteiger partial charge in [0.1, 0.15) is 0 Å². The molecule has 2 heterocycles. The summed E-state index contributed by atoms with van der Waals surface area (Å²) >= 11 is 0. The Labute approximate surface area is 142 Å². The van der Waals surface area contributed by atoms with Crippen molar-refractivity contribution in [3.05, 3.63) is 36.2 Å². The van der Waals surface area contributed by atoms with Gasteiger partial charge < -0.3 is 16.2 Å². The Bertz CT molecular complexity index is 657. The van der Waals surface area contributed by atoms with E-state index in [9.17, 15) is 5.11 Å². The third-order valence-electron chi connectivity index (χ3n) is 4.53. The minimum atomic E-state index is 0.0614. The molecule has 7 nitrogen and oxygen atoms in total. The molecule has 1 fully saturated rings. The number of aliphatic hydroxyl groups is 1. The Morgan fingerprint density at radius 1 is 1.21 bits per heavy atom. The number of nitrogens with two attached hydrogens (primary N) is 1. The molecule has 1 aliphatic heterocycles. The van der Waals surface area contributed by atoms with Gasteiger partial charge in [0.15, 0.2) is 5.82 Å². The van der Waals surface area contributed by atoms with E-state index in [1.807, 2.05) is 30.3 Å². The lowest BCUT2D eigenvalue weighted by Gasteiger charge is -2.34. The molecule has 1 aromatic carbocycles. The van der Waals surface area contributed by atoms with E-state index >= 15 is 0 Å². The molecule has 2 aromatic rings. The molecule has 0 saturated carbocycles. The lowest BCUT2D eigenvalue weighted by molar-refractivity contribution is 0.103. The summed E-state index contributed by atoms with van der Waals surface area (Å²) in [4.78, 5) is 15.4. The fraction of sp³-hybridized carbons (Fsp3) is 0.471. The van der Waals surface area contributed by atoms with Crippen LogP contribution < -0.4 is 11.1 Å². The van der Waals surface area contributed by atoms with Gasteiger partial charge in [-0.25, -0.2) is 0 Å². The topological polar surface area (TPSA) is 100 Å². The summed E-state index contributed by atoms with van der Waals surface area (Å²) in [6.07, 6.45) is 1.99. The van der Waals surface area contributed by atoms with Gasteiger partial charge in [0.2, 0.25) is 11.9 Å². The second-order valence-electron chi connectivity index (χ2n) is 6.20. The van der Waals surface area contributed by atoms with Gasteiger partial charge in [-0.1, -0.05) is 18.2 Å².